The maximum absolute atomic E-state index is 13.7. The molecule has 2 aromatic rings. The van der Waals surface area contributed by atoms with Crippen molar-refractivity contribution in [1.29, 1.82) is 0 Å². The molecular formula is C17H18FN3O2. The molecule has 2 aliphatic rings. The molecule has 2 aliphatic heterocycles. The number of ether oxygens (including phenoxy) is 1. The third kappa shape index (κ3) is 2.58. The zero-order valence-corrected chi connectivity index (χ0v) is 12.9. The van der Waals surface area contributed by atoms with Crippen molar-refractivity contribution in [3.63, 3.8) is 0 Å². The van der Waals surface area contributed by atoms with E-state index in [2.05, 4.69) is 14.9 Å². The second kappa shape index (κ2) is 5.37. The molecule has 0 radical (unpaired) electrons. The minimum absolute atomic E-state index is 0.0563. The molecule has 3 heterocycles. The van der Waals surface area contributed by atoms with Crippen molar-refractivity contribution in [2.75, 3.05) is 0 Å². The molecule has 1 aromatic carbocycles. The molecule has 0 bridgehead atoms. The Balaban J connectivity index is 1.41. The second-order valence-electron chi connectivity index (χ2n) is 6.23. The first-order chi connectivity index (χ1) is 11.1. The number of nitrogens with zero attached hydrogens (tertiary/aromatic N) is 2. The first-order valence-electron chi connectivity index (χ1n) is 7.87. The summed E-state index contributed by atoms with van der Waals surface area (Å²) in [5.41, 5.74) is 1.75. The zero-order chi connectivity index (χ0) is 16.0. The predicted octanol–water partition coefficient (Wildman–Crippen LogP) is 1.77. The van der Waals surface area contributed by atoms with Gasteiger partial charge in [0.25, 0.3) is 5.91 Å². The maximum Gasteiger partial charge on any atom is 0.261 e. The van der Waals surface area contributed by atoms with E-state index >= 15 is 0 Å². The Bertz CT molecular complexity index is 771. The average Bonchev–Trinajstić information content (AvgIpc) is 3.10. The fourth-order valence-electron chi connectivity index (χ4n) is 3.37. The van der Waals surface area contributed by atoms with Crippen LogP contribution < -0.4 is 10.1 Å². The molecule has 0 saturated carbocycles. The van der Waals surface area contributed by atoms with Gasteiger partial charge in [-0.05, 0) is 19.4 Å². The van der Waals surface area contributed by atoms with Crippen LogP contribution in [0.2, 0.25) is 0 Å². The van der Waals surface area contributed by atoms with Crippen molar-refractivity contribution in [3.05, 3.63) is 47.3 Å². The Hall–Kier alpha value is -2.37. The lowest BCUT2D eigenvalue weighted by Crippen LogP contribution is -2.46. The summed E-state index contributed by atoms with van der Waals surface area (Å²) in [7, 11) is 0. The van der Waals surface area contributed by atoms with Crippen molar-refractivity contribution >= 4 is 5.91 Å². The summed E-state index contributed by atoms with van der Waals surface area (Å²) >= 11 is 0. The number of aromatic nitrogens is 2. The summed E-state index contributed by atoms with van der Waals surface area (Å²) in [6.07, 6.45) is 3.48. The van der Waals surface area contributed by atoms with Gasteiger partial charge in [0.1, 0.15) is 5.82 Å². The van der Waals surface area contributed by atoms with Gasteiger partial charge in [-0.15, -0.1) is 0 Å². The van der Waals surface area contributed by atoms with E-state index < -0.39 is 11.9 Å². The summed E-state index contributed by atoms with van der Waals surface area (Å²) in [5, 5.41) is 3.03. The van der Waals surface area contributed by atoms with Crippen LogP contribution in [-0.4, -0.2) is 27.6 Å². The SMILES string of the molecule is Cc1cn2c(n1)CC[C@@H](NC(=O)[C@@H]1Cc3cccc(F)c3O1)C2. The maximum atomic E-state index is 13.7. The van der Waals surface area contributed by atoms with Crippen molar-refractivity contribution in [2.24, 2.45) is 0 Å². The Morgan fingerprint density at radius 3 is 3.17 bits per heavy atom. The lowest BCUT2D eigenvalue weighted by Gasteiger charge is -2.25. The number of amides is 1. The van der Waals surface area contributed by atoms with Crippen molar-refractivity contribution in [2.45, 2.75) is 44.9 Å². The molecule has 0 saturated heterocycles. The standard InChI is InChI=1S/C17H18FN3O2/c1-10-8-21-9-12(5-6-15(21)19-10)20-17(22)14-7-11-3-2-4-13(18)16(11)23-14/h2-4,8,12,14H,5-7,9H2,1H3,(H,20,22)/t12-,14+/m1/s1. The van der Waals surface area contributed by atoms with E-state index in [4.69, 9.17) is 4.74 Å². The van der Waals surface area contributed by atoms with Gasteiger partial charge in [-0.25, -0.2) is 9.37 Å². The zero-order valence-electron chi connectivity index (χ0n) is 12.9. The number of benzene rings is 1. The highest BCUT2D eigenvalue weighted by atomic mass is 19.1. The molecule has 6 heteroatoms. The third-order valence-electron chi connectivity index (χ3n) is 4.47. The van der Waals surface area contributed by atoms with Gasteiger partial charge in [0.05, 0.1) is 5.69 Å². The molecule has 23 heavy (non-hydrogen) atoms. The molecular weight excluding hydrogens is 297 g/mol. The average molecular weight is 315 g/mol. The van der Waals surface area contributed by atoms with Gasteiger partial charge in [0, 0.05) is 37.2 Å². The number of nitrogens with one attached hydrogen (secondary N) is 1. The summed E-state index contributed by atoms with van der Waals surface area (Å²) in [6.45, 7) is 2.69. The molecule has 0 aliphatic carbocycles. The Morgan fingerprint density at radius 1 is 1.48 bits per heavy atom. The highest BCUT2D eigenvalue weighted by Gasteiger charge is 2.32. The monoisotopic (exact) mass is 315 g/mol. The molecule has 120 valence electrons. The molecule has 4 rings (SSSR count). The lowest BCUT2D eigenvalue weighted by atomic mass is 10.1. The minimum Gasteiger partial charge on any atom is -0.477 e. The number of carbonyl (C=O) groups is 1. The number of imidazole rings is 1. The Kier molecular flexibility index (Phi) is 3.32. The highest BCUT2D eigenvalue weighted by Crippen LogP contribution is 2.31. The van der Waals surface area contributed by atoms with Crippen molar-refractivity contribution in [1.82, 2.24) is 14.9 Å². The van der Waals surface area contributed by atoms with Crippen molar-refractivity contribution < 1.29 is 13.9 Å². The van der Waals surface area contributed by atoms with E-state index in [9.17, 15) is 9.18 Å². The molecule has 0 spiro atoms. The largest absolute Gasteiger partial charge is 0.477 e. The molecule has 2 atom stereocenters. The van der Waals surface area contributed by atoms with Gasteiger partial charge >= 0.3 is 0 Å². The highest BCUT2D eigenvalue weighted by molar-refractivity contribution is 5.82. The third-order valence-corrected chi connectivity index (χ3v) is 4.47. The van der Waals surface area contributed by atoms with Crippen LogP contribution in [0, 0.1) is 12.7 Å². The van der Waals surface area contributed by atoms with Crippen LogP contribution in [0.3, 0.4) is 0 Å². The van der Waals surface area contributed by atoms with E-state index in [1.165, 1.54) is 6.07 Å². The molecule has 0 unspecified atom stereocenters. The number of para-hydroxylation sites is 1. The quantitative estimate of drug-likeness (QED) is 0.919. The Morgan fingerprint density at radius 2 is 2.35 bits per heavy atom. The van der Waals surface area contributed by atoms with Gasteiger partial charge in [-0.1, -0.05) is 12.1 Å². The fourth-order valence-corrected chi connectivity index (χ4v) is 3.37. The summed E-state index contributed by atoms with van der Waals surface area (Å²) in [6, 6.07) is 4.85. The van der Waals surface area contributed by atoms with E-state index in [1.807, 2.05) is 13.1 Å². The first kappa shape index (κ1) is 14.2. The normalized spacial score (nSPS) is 22.2. The minimum atomic E-state index is -0.646. The lowest BCUT2D eigenvalue weighted by molar-refractivity contribution is -0.128. The van der Waals surface area contributed by atoms with Gasteiger partial charge in [0.15, 0.2) is 17.7 Å². The van der Waals surface area contributed by atoms with Gasteiger partial charge in [0.2, 0.25) is 0 Å². The van der Waals surface area contributed by atoms with Crippen molar-refractivity contribution in [3.8, 4) is 5.75 Å². The second-order valence-corrected chi connectivity index (χ2v) is 6.23. The van der Waals surface area contributed by atoms with Crippen LogP contribution in [0.5, 0.6) is 5.75 Å². The van der Waals surface area contributed by atoms with Crippen LogP contribution in [0.4, 0.5) is 4.39 Å². The molecule has 1 aromatic heterocycles. The van der Waals surface area contributed by atoms with Crippen LogP contribution in [0.1, 0.15) is 23.5 Å². The summed E-state index contributed by atoms with van der Waals surface area (Å²) in [5.74, 6) is 0.697. The van der Waals surface area contributed by atoms with Crippen LogP contribution in [0.25, 0.3) is 0 Å². The van der Waals surface area contributed by atoms with Crippen LogP contribution >= 0.6 is 0 Å². The predicted molar refractivity (Wildman–Crippen MR) is 81.7 cm³/mol. The number of halogens is 1. The van der Waals surface area contributed by atoms with E-state index in [0.29, 0.717) is 6.42 Å². The molecule has 1 N–H and O–H groups in total. The van der Waals surface area contributed by atoms with E-state index in [1.54, 1.807) is 12.1 Å². The smallest absolute Gasteiger partial charge is 0.261 e. The van der Waals surface area contributed by atoms with Crippen LogP contribution in [-0.2, 0) is 24.2 Å². The van der Waals surface area contributed by atoms with Gasteiger partial charge < -0.3 is 14.6 Å². The van der Waals surface area contributed by atoms with Gasteiger partial charge in [-0.2, -0.15) is 0 Å². The van der Waals surface area contributed by atoms with Gasteiger partial charge in [-0.3, -0.25) is 4.79 Å². The summed E-state index contributed by atoms with van der Waals surface area (Å²) < 4.78 is 21.3. The van der Waals surface area contributed by atoms with E-state index in [0.717, 1.165) is 36.5 Å². The molecule has 1 amide bonds. The summed E-state index contributed by atoms with van der Waals surface area (Å²) in [4.78, 5) is 16.9. The fraction of sp³-hybridized carbons (Fsp3) is 0.412. The number of hydrogen-bond donors (Lipinski definition) is 1. The number of rotatable bonds is 2. The van der Waals surface area contributed by atoms with E-state index in [-0.39, 0.29) is 17.7 Å². The number of hydrogen-bond acceptors (Lipinski definition) is 3. The first-order valence-corrected chi connectivity index (χ1v) is 7.87. The number of fused-ring (bicyclic) bond motifs is 2. The van der Waals surface area contributed by atoms with Crippen LogP contribution in [0.15, 0.2) is 24.4 Å². The molecule has 0 fully saturated rings. The number of aryl methyl sites for hydroxylation is 2. The number of carbonyl (C=O) groups excluding carboxylic acids is 1. The topological polar surface area (TPSA) is 56.2 Å². The molecule has 5 nitrogen and oxygen atoms in total. The Labute approximate surface area is 133 Å².